The zero-order valence-electron chi connectivity index (χ0n) is 5.30. The highest BCUT2D eigenvalue weighted by atomic mass is 14.1. The summed E-state index contributed by atoms with van der Waals surface area (Å²) in [6.07, 6.45) is 11.4. The summed E-state index contributed by atoms with van der Waals surface area (Å²) in [6.45, 7) is 2.08. The van der Waals surface area contributed by atoms with Crippen LogP contribution in [-0.4, -0.2) is 0 Å². The Kier molecular flexibility index (Phi) is 1.90. The van der Waals surface area contributed by atoms with E-state index in [0.29, 0.717) is 0 Å². The fourth-order valence-electron chi connectivity index (χ4n) is 1.07. The minimum atomic E-state index is 0.819. The molecule has 0 radical (unpaired) electrons. The highest BCUT2D eigenvalue weighted by Gasteiger charge is 2.03. The Morgan fingerprint density at radius 3 is 2.50 bits per heavy atom. The van der Waals surface area contributed by atoms with Crippen molar-refractivity contribution in [2.24, 2.45) is 5.92 Å². The van der Waals surface area contributed by atoms with Crippen LogP contribution in [-0.2, 0) is 0 Å². The first kappa shape index (κ1) is 5.61. The van der Waals surface area contributed by atoms with Gasteiger partial charge in [-0.2, -0.15) is 0 Å². The van der Waals surface area contributed by atoms with Gasteiger partial charge in [0.05, 0.1) is 0 Å². The quantitative estimate of drug-likeness (QED) is 0.453. The Morgan fingerprint density at radius 1 is 1.38 bits per heavy atom. The second-order valence-corrected chi connectivity index (χ2v) is 2.23. The summed E-state index contributed by atoms with van der Waals surface area (Å²) < 4.78 is 0. The van der Waals surface area contributed by atoms with Gasteiger partial charge in [0.1, 0.15) is 0 Å². The van der Waals surface area contributed by atoms with E-state index in [4.69, 9.17) is 0 Å². The van der Waals surface area contributed by atoms with Gasteiger partial charge in [-0.15, -0.1) is 0 Å². The zero-order chi connectivity index (χ0) is 5.82. The van der Waals surface area contributed by atoms with E-state index in [-0.39, 0.29) is 0 Å². The Labute approximate surface area is 50.9 Å². The summed E-state index contributed by atoms with van der Waals surface area (Å²) in [4.78, 5) is 0. The third-order valence-electron chi connectivity index (χ3n) is 1.51. The van der Waals surface area contributed by atoms with E-state index in [1.165, 1.54) is 12.8 Å². The van der Waals surface area contributed by atoms with Crippen LogP contribution < -0.4 is 0 Å². The zero-order valence-corrected chi connectivity index (χ0v) is 5.30. The van der Waals surface area contributed by atoms with Crippen LogP contribution >= 0.6 is 0 Å². The third-order valence-corrected chi connectivity index (χ3v) is 1.51. The summed E-state index contributed by atoms with van der Waals surface area (Å²) in [5, 5.41) is 0. The van der Waals surface area contributed by atoms with Crippen LogP contribution in [0.4, 0.5) is 0 Å². The van der Waals surface area contributed by atoms with Gasteiger partial charge in [0.15, 0.2) is 0 Å². The summed E-state index contributed by atoms with van der Waals surface area (Å²) >= 11 is 0. The molecule has 0 aromatic carbocycles. The van der Waals surface area contributed by atoms with Crippen molar-refractivity contribution in [3.05, 3.63) is 24.3 Å². The minimum Gasteiger partial charge on any atom is -0.0914 e. The van der Waals surface area contributed by atoms with Crippen molar-refractivity contribution in [3.63, 3.8) is 0 Å². The molecule has 0 aliphatic heterocycles. The van der Waals surface area contributed by atoms with Gasteiger partial charge >= 0.3 is 0 Å². The van der Waals surface area contributed by atoms with Gasteiger partial charge in [-0.05, 0) is 25.7 Å². The first-order chi connectivity index (χ1) is 3.93. The van der Waals surface area contributed by atoms with E-state index in [1.54, 1.807) is 0 Å². The number of hydrogen-bond donors (Lipinski definition) is 0. The summed E-state index contributed by atoms with van der Waals surface area (Å²) in [6, 6.07) is 0. The van der Waals surface area contributed by atoms with Gasteiger partial charge in [0.2, 0.25) is 0 Å². The Hall–Kier alpha value is -0.520. The maximum absolute atomic E-state index is 2.28. The van der Waals surface area contributed by atoms with E-state index < -0.39 is 0 Å². The van der Waals surface area contributed by atoms with Crippen LogP contribution in [0, 0.1) is 5.92 Å². The van der Waals surface area contributed by atoms with Crippen molar-refractivity contribution in [3.8, 4) is 0 Å². The molecule has 0 heterocycles. The first-order valence-corrected chi connectivity index (χ1v) is 3.21. The van der Waals surface area contributed by atoms with Crippen LogP contribution in [0.3, 0.4) is 0 Å². The molecule has 0 unspecified atom stereocenters. The van der Waals surface area contributed by atoms with Gasteiger partial charge in [0, 0.05) is 0 Å². The largest absolute Gasteiger partial charge is 0.0914 e. The second kappa shape index (κ2) is 2.71. The second-order valence-electron chi connectivity index (χ2n) is 2.23. The molecule has 0 saturated carbocycles. The molecule has 0 heteroatoms. The standard InChI is InChI=1S/C8H12/c1-2-5-8-6-3-4-7-8/h2-5,8H,6-7H2,1H3/b5-2-. The normalized spacial score (nSPS) is 21.1. The molecule has 0 bridgehead atoms. The molecule has 0 N–H and O–H groups in total. The van der Waals surface area contributed by atoms with Crippen LogP contribution in [0.25, 0.3) is 0 Å². The van der Waals surface area contributed by atoms with E-state index >= 15 is 0 Å². The number of hydrogen-bond acceptors (Lipinski definition) is 0. The highest BCUT2D eigenvalue weighted by Crippen LogP contribution is 2.18. The molecule has 0 fully saturated rings. The predicted molar refractivity (Wildman–Crippen MR) is 36.7 cm³/mol. The molecular formula is C8H12. The van der Waals surface area contributed by atoms with Gasteiger partial charge in [-0.25, -0.2) is 0 Å². The molecule has 0 spiro atoms. The average Bonchev–Trinajstić information content (AvgIpc) is 2.19. The fourth-order valence-corrected chi connectivity index (χ4v) is 1.07. The SMILES string of the molecule is C/C=C\C1CC=CC1. The average molecular weight is 108 g/mol. The number of allylic oxidation sites excluding steroid dienone is 4. The van der Waals surface area contributed by atoms with Gasteiger partial charge < -0.3 is 0 Å². The summed E-state index contributed by atoms with van der Waals surface area (Å²) in [7, 11) is 0. The van der Waals surface area contributed by atoms with Crippen LogP contribution in [0.5, 0.6) is 0 Å². The fraction of sp³-hybridized carbons (Fsp3) is 0.500. The van der Waals surface area contributed by atoms with Crippen molar-refractivity contribution >= 4 is 0 Å². The molecule has 8 heavy (non-hydrogen) atoms. The Bertz CT molecular complexity index is 101. The molecule has 0 saturated heterocycles. The Balaban J connectivity index is 2.30. The molecule has 0 nitrogen and oxygen atoms in total. The highest BCUT2D eigenvalue weighted by molar-refractivity contribution is 5.01. The minimum absolute atomic E-state index is 0.819. The molecule has 0 aromatic heterocycles. The smallest absolute Gasteiger partial charge is 0.0164 e. The molecule has 0 atom stereocenters. The summed E-state index contributed by atoms with van der Waals surface area (Å²) in [5.74, 6) is 0.819. The molecule has 0 amide bonds. The molecule has 1 rings (SSSR count). The summed E-state index contributed by atoms with van der Waals surface area (Å²) in [5.41, 5.74) is 0. The third kappa shape index (κ3) is 1.22. The van der Waals surface area contributed by atoms with Gasteiger partial charge in [0.25, 0.3) is 0 Å². The molecule has 1 aliphatic rings. The maximum Gasteiger partial charge on any atom is -0.0164 e. The molecule has 0 aromatic rings. The van der Waals surface area contributed by atoms with Crippen molar-refractivity contribution in [2.75, 3.05) is 0 Å². The van der Waals surface area contributed by atoms with Gasteiger partial charge in [-0.3, -0.25) is 0 Å². The predicted octanol–water partition coefficient (Wildman–Crippen LogP) is 2.53. The van der Waals surface area contributed by atoms with Crippen molar-refractivity contribution in [2.45, 2.75) is 19.8 Å². The van der Waals surface area contributed by atoms with E-state index in [9.17, 15) is 0 Å². The lowest BCUT2D eigenvalue weighted by Crippen LogP contribution is -1.84. The van der Waals surface area contributed by atoms with E-state index in [0.717, 1.165) is 5.92 Å². The van der Waals surface area contributed by atoms with E-state index in [2.05, 4.69) is 31.2 Å². The lowest BCUT2D eigenvalue weighted by atomic mass is 10.1. The lowest BCUT2D eigenvalue weighted by Gasteiger charge is -1.97. The van der Waals surface area contributed by atoms with Crippen molar-refractivity contribution in [1.82, 2.24) is 0 Å². The van der Waals surface area contributed by atoms with Crippen LogP contribution in [0.1, 0.15) is 19.8 Å². The topological polar surface area (TPSA) is 0 Å². The van der Waals surface area contributed by atoms with Crippen molar-refractivity contribution in [1.29, 1.82) is 0 Å². The molecule has 44 valence electrons. The Morgan fingerprint density at radius 2 is 2.00 bits per heavy atom. The van der Waals surface area contributed by atoms with Crippen LogP contribution in [0.2, 0.25) is 0 Å². The molecule has 1 aliphatic carbocycles. The van der Waals surface area contributed by atoms with Gasteiger partial charge in [-0.1, -0.05) is 24.3 Å². The first-order valence-electron chi connectivity index (χ1n) is 3.21. The monoisotopic (exact) mass is 108 g/mol. The number of rotatable bonds is 1. The lowest BCUT2D eigenvalue weighted by molar-refractivity contribution is 0.715. The van der Waals surface area contributed by atoms with E-state index in [1.807, 2.05) is 0 Å². The maximum atomic E-state index is 2.28. The van der Waals surface area contributed by atoms with Crippen molar-refractivity contribution < 1.29 is 0 Å². The molecular weight excluding hydrogens is 96.1 g/mol. The van der Waals surface area contributed by atoms with Crippen LogP contribution in [0.15, 0.2) is 24.3 Å².